The Morgan fingerprint density at radius 2 is 1.90 bits per heavy atom. The first-order chi connectivity index (χ1) is 10.1. The Morgan fingerprint density at radius 3 is 2.52 bits per heavy atom. The van der Waals surface area contributed by atoms with Gasteiger partial charge in [0.15, 0.2) is 15.2 Å². The topological polar surface area (TPSA) is 42.4 Å². The number of halogens is 1. The molecule has 3 rings (SSSR count). The molecular weight excluding hydrogens is 308 g/mol. The molecule has 1 saturated heterocycles. The molecule has 2 heterocycles. The summed E-state index contributed by atoms with van der Waals surface area (Å²) in [6.45, 7) is 2.04. The van der Waals surface area contributed by atoms with Crippen molar-refractivity contribution in [2.75, 3.05) is 25.1 Å². The maximum atomic E-state index is 11.6. The number of piperidine rings is 1. The zero-order valence-corrected chi connectivity index (χ0v) is 13.9. The van der Waals surface area contributed by atoms with Crippen LogP contribution in [0.5, 0.6) is 0 Å². The van der Waals surface area contributed by atoms with Gasteiger partial charge in [-0.05, 0) is 31.1 Å². The van der Waals surface area contributed by atoms with Crippen LogP contribution >= 0.6 is 22.9 Å². The first-order valence-corrected chi connectivity index (χ1v) is 8.83. The summed E-state index contributed by atoms with van der Waals surface area (Å²) in [5.74, 6) is -0.399. The highest BCUT2D eigenvalue weighted by molar-refractivity contribution is 7.18. The van der Waals surface area contributed by atoms with Crippen molar-refractivity contribution < 1.29 is 9.53 Å². The zero-order valence-electron chi connectivity index (χ0n) is 12.4. The molecule has 0 N–H and O–H groups in total. The summed E-state index contributed by atoms with van der Waals surface area (Å²) in [4.78, 5) is 18.6. The minimum atomic E-state index is -0.399. The largest absolute Gasteiger partial charge is 0.465 e. The number of aromatic nitrogens is 1. The number of carbonyl (C=O) groups excluding carboxylic acids is 1. The van der Waals surface area contributed by atoms with E-state index in [1.165, 1.54) is 63.4 Å². The van der Waals surface area contributed by atoms with E-state index >= 15 is 0 Å². The van der Waals surface area contributed by atoms with Crippen molar-refractivity contribution in [1.29, 1.82) is 0 Å². The number of hydrogen-bond acceptors (Lipinski definition) is 5. The van der Waals surface area contributed by atoms with Gasteiger partial charge >= 0.3 is 5.97 Å². The highest BCUT2D eigenvalue weighted by atomic mass is 35.5. The van der Waals surface area contributed by atoms with E-state index in [2.05, 4.69) is 9.88 Å². The third kappa shape index (κ3) is 3.04. The first-order valence-electron chi connectivity index (χ1n) is 7.63. The van der Waals surface area contributed by atoms with Crippen LogP contribution in [-0.2, 0) is 4.74 Å². The third-order valence-electron chi connectivity index (χ3n) is 4.95. The summed E-state index contributed by atoms with van der Waals surface area (Å²) in [7, 11) is 1.37. The number of carbonyl (C=O) groups is 1. The van der Waals surface area contributed by atoms with Crippen molar-refractivity contribution in [3.8, 4) is 0 Å². The van der Waals surface area contributed by atoms with E-state index in [9.17, 15) is 4.79 Å². The maximum absolute atomic E-state index is 11.6. The molecule has 2 fully saturated rings. The molecular formula is C15H21ClN2O2S. The molecule has 116 valence electrons. The minimum Gasteiger partial charge on any atom is -0.465 e. The summed E-state index contributed by atoms with van der Waals surface area (Å²) in [5.41, 5.74) is 0.570. The molecule has 2 aliphatic rings. The van der Waals surface area contributed by atoms with Gasteiger partial charge in [0, 0.05) is 13.1 Å². The maximum Gasteiger partial charge on any atom is 0.351 e. The van der Waals surface area contributed by atoms with Gasteiger partial charge in [-0.2, -0.15) is 0 Å². The van der Waals surface area contributed by atoms with Crippen LogP contribution in [0.1, 0.15) is 54.6 Å². The predicted octanol–water partition coefficient (Wildman–Crippen LogP) is 4.13. The second-order valence-electron chi connectivity index (χ2n) is 6.16. The summed E-state index contributed by atoms with van der Waals surface area (Å²) in [6, 6.07) is 0. The van der Waals surface area contributed by atoms with Gasteiger partial charge in [-0.3, -0.25) is 0 Å². The standard InChI is InChI=1S/C15H21ClN2O2S/c1-20-13(19)11-12(16)17-14(21-11)18-9-7-15(8-10-18)5-3-2-4-6-15/h2-10H2,1H3. The Labute approximate surface area is 134 Å². The molecule has 1 spiro atoms. The van der Waals surface area contributed by atoms with Gasteiger partial charge in [-0.25, -0.2) is 9.78 Å². The Morgan fingerprint density at radius 1 is 1.24 bits per heavy atom. The average molecular weight is 329 g/mol. The number of ether oxygens (including phenoxy) is 1. The molecule has 1 saturated carbocycles. The number of rotatable bonds is 2. The molecule has 0 bridgehead atoms. The lowest BCUT2D eigenvalue weighted by molar-refractivity contribution is 0.0606. The smallest absolute Gasteiger partial charge is 0.351 e. The lowest BCUT2D eigenvalue weighted by Crippen LogP contribution is -2.41. The van der Waals surface area contributed by atoms with Crippen molar-refractivity contribution in [2.24, 2.45) is 5.41 Å². The molecule has 1 aromatic heterocycles. The Kier molecular flexibility index (Phi) is 4.41. The van der Waals surface area contributed by atoms with Crippen molar-refractivity contribution >= 4 is 34.0 Å². The summed E-state index contributed by atoms with van der Waals surface area (Å²) in [6.07, 6.45) is 9.40. The molecule has 0 amide bonds. The third-order valence-corrected chi connectivity index (χ3v) is 6.44. The van der Waals surface area contributed by atoms with Crippen molar-refractivity contribution in [3.63, 3.8) is 0 Å². The van der Waals surface area contributed by atoms with E-state index in [0.717, 1.165) is 18.2 Å². The predicted molar refractivity (Wildman–Crippen MR) is 85.4 cm³/mol. The van der Waals surface area contributed by atoms with Crippen LogP contribution in [0.25, 0.3) is 0 Å². The molecule has 1 aromatic rings. The van der Waals surface area contributed by atoms with Crippen molar-refractivity contribution in [1.82, 2.24) is 4.98 Å². The van der Waals surface area contributed by atoms with Crippen LogP contribution in [-0.4, -0.2) is 31.2 Å². The van der Waals surface area contributed by atoms with Gasteiger partial charge in [-0.15, -0.1) is 0 Å². The number of esters is 1. The van der Waals surface area contributed by atoms with Crippen LogP contribution in [0.2, 0.25) is 5.15 Å². The van der Waals surface area contributed by atoms with E-state index in [1.807, 2.05) is 0 Å². The Bertz CT molecular complexity index is 516. The van der Waals surface area contributed by atoms with Crippen LogP contribution in [0.4, 0.5) is 5.13 Å². The van der Waals surface area contributed by atoms with Crippen LogP contribution in [0.3, 0.4) is 0 Å². The molecule has 0 aromatic carbocycles. The number of nitrogens with zero attached hydrogens (tertiary/aromatic N) is 2. The van der Waals surface area contributed by atoms with E-state index < -0.39 is 5.97 Å². The lowest BCUT2D eigenvalue weighted by atomic mass is 9.68. The van der Waals surface area contributed by atoms with Gasteiger partial charge in [0.05, 0.1) is 7.11 Å². The average Bonchev–Trinajstić information content (AvgIpc) is 2.90. The number of anilines is 1. The van der Waals surface area contributed by atoms with E-state index in [-0.39, 0.29) is 5.15 Å². The zero-order chi connectivity index (χ0) is 14.9. The highest BCUT2D eigenvalue weighted by Gasteiger charge is 2.36. The van der Waals surface area contributed by atoms with Crippen LogP contribution in [0, 0.1) is 5.41 Å². The fourth-order valence-electron chi connectivity index (χ4n) is 3.62. The molecule has 6 heteroatoms. The van der Waals surface area contributed by atoms with Crippen LogP contribution in [0.15, 0.2) is 0 Å². The highest BCUT2D eigenvalue weighted by Crippen LogP contribution is 2.45. The normalized spacial score (nSPS) is 21.5. The molecule has 21 heavy (non-hydrogen) atoms. The minimum absolute atomic E-state index is 0.264. The van der Waals surface area contributed by atoms with Gasteiger partial charge in [0.1, 0.15) is 0 Å². The van der Waals surface area contributed by atoms with Gasteiger partial charge in [-0.1, -0.05) is 42.2 Å². The fraction of sp³-hybridized carbons (Fsp3) is 0.733. The molecule has 1 aliphatic heterocycles. The summed E-state index contributed by atoms with van der Waals surface area (Å²) < 4.78 is 4.74. The molecule has 0 unspecified atom stereocenters. The summed E-state index contributed by atoms with van der Waals surface area (Å²) in [5, 5.41) is 1.12. The quantitative estimate of drug-likeness (QED) is 0.765. The van der Waals surface area contributed by atoms with Gasteiger partial charge in [0.25, 0.3) is 0 Å². The van der Waals surface area contributed by atoms with E-state index in [0.29, 0.717) is 10.3 Å². The molecule has 0 atom stereocenters. The van der Waals surface area contributed by atoms with Gasteiger partial charge in [0.2, 0.25) is 0 Å². The van der Waals surface area contributed by atoms with Gasteiger partial charge < -0.3 is 9.64 Å². The Hall–Kier alpha value is -0.810. The Balaban J connectivity index is 1.68. The van der Waals surface area contributed by atoms with E-state index in [4.69, 9.17) is 16.3 Å². The van der Waals surface area contributed by atoms with Crippen molar-refractivity contribution in [2.45, 2.75) is 44.9 Å². The monoisotopic (exact) mass is 328 g/mol. The SMILES string of the molecule is COC(=O)c1sc(N2CCC3(CCCCC3)CC2)nc1Cl. The first kappa shape index (κ1) is 15.1. The number of methoxy groups -OCH3 is 1. The molecule has 0 radical (unpaired) electrons. The molecule has 4 nitrogen and oxygen atoms in total. The lowest BCUT2D eigenvalue weighted by Gasteiger charge is -2.44. The molecule has 1 aliphatic carbocycles. The number of thiazole rings is 1. The van der Waals surface area contributed by atoms with Crippen molar-refractivity contribution in [3.05, 3.63) is 10.0 Å². The second-order valence-corrected chi connectivity index (χ2v) is 7.49. The number of hydrogen-bond donors (Lipinski definition) is 0. The summed E-state index contributed by atoms with van der Waals surface area (Å²) >= 11 is 7.39. The van der Waals surface area contributed by atoms with E-state index in [1.54, 1.807) is 0 Å². The fourth-order valence-corrected chi connectivity index (χ4v) is 4.87. The van der Waals surface area contributed by atoms with Crippen LogP contribution < -0.4 is 4.90 Å². The second kappa shape index (κ2) is 6.13.